The van der Waals surface area contributed by atoms with Gasteiger partial charge >= 0.3 is 0 Å². The molecule has 1 aliphatic heterocycles. The minimum atomic E-state index is 0.0303. The first-order valence-electron chi connectivity index (χ1n) is 10.2. The van der Waals surface area contributed by atoms with Gasteiger partial charge in [-0.1, -0.05) is 29.8 Å². The standard InChI is InChI=1S/C23H32N4O/c1-15(2)24-22(28)12-21-17(4)25-23(26-18(21)5)20-9-10-27(14-20)13-19-8-6-7-16(3)11-19/h6-8,11,15,20H,9-10,12-14H2,1-5H3,(H,24,28)/t20-/m1/s1. The summed E-state index contributed by atoms with van der Waals surface area (Å²) in [5, 5.41) is 2.95. The van der Waals surface area contributed by atoms with Gasteiger partial charge in [0.05, 0.1) is 6.42 Å². The molecule has 1 aromatic heterocycles. The van der Waals surface area contributed by atoms with Crippen LogP contribution in [0.4, 0.5) is 0 Å². The van der Waals surface area contributed by atoms with Crippen molar-refractivity contribution in [3.8, 4) is 0 Å². The van der Waals surface area contributed by atoms with Crippen LogP contribution in [0.15, 0.2) is 24.3 Å². The summed E-state index contributed by atoms with van der Waals surface area (Å²) >= 11 is 0. The summed E-state index contributed by atoms with van der Waals surface area (Å²) in [7, 11) is 0. The van der Waals surface area contributed by atoms with E-state index in [1.807, 2.05) is 27.7 Å². The van der Waals surface area contributed by atoms with Crippen molar-refractivity contribution < 1.29 is 4.79 Å². The van der Waals surface area contributed by atoms with Crippen molar-refractivity contribution in [3.05, 3.63) is 58.2 Å². The van der Waals surface area contributed by atoms with E-state index in [1.165, 1.54) is 11.1 Å². The van der Waals surface area contributed by atoms with Gasteiger partial charge in [0.1, 0.15) is 5.82 Å². The Morgan fingerprint density at radius 3 is 2.57 bits per heavy atom. The van der Waals surface area contributed by atoms with E-state index in [4.69, 9.17) is 9.97 Å². The molecule has 0 bridgehead atoms. The first-order valence-corrected chi connectivity index (χ1v) is 10.2. The molecule has 28 heavy (non-hydrogen) atoms. The number of nitrogens with one attached hydrogen (secondary N) is 1. The summed E-state index contributed by atoms with van der Waals surface area (Å²) in [5.74, 6) is 1.32. The number of amides is 1. The second kappa shape index (κ2) is 8.82. The van der Waals surface area contributed by atoms with Crippen LogP contribution in [-0.4, -0.2) is 39.9 Å². The number of carbonyl (C=O) groups excluding carboxylic acids is 1. The molecule has 1 saturated heterocycles. The molecule has 5 nitrogen and oxygen atoms in total. The first-order chi connectivity index (χ1) is 13.3. The number of rotatable bonds is 6. The van der Waals surface area contributed by atoms with Gasteiger partial charge in [-0.3, -0.25) is 9.69 Å². The summed E-state index contributed by atoms with van der Waals surface area (Å²) in [4.78, 5) is 24.2. The number of likely N-dealkylation sites (tertiary alicyclic amines) is 1. The van der Waals surface area contributed by atoms with Crippen LogP contribution in [0.5, 0.6) is 0 Å². The van der Waals surface area contributed by atoms with Crippen molar-refractivity contribution in [2.45, 2.75) is 66.0 Å². The lowest BCUT2D eigenvalue weighted by molar-refractivity contribution is -0.120. The van der Waals surface area contributed by atoms with Crippen LogP contribution in [-0.2, 0) is 17.8 Å². The molecule has 3 rings (SSSR count). The van der Waals surface area contributed by atoms with Gasteiger partial charge in [-0.15, -0.1) is 0 Å². The van der Waals surface area contributed by atoms with Crippen molar-refractivity contribution in [1.29, 1.82) is 0 Å². The van der Waals surface area contributed by atoms with E-state index in [2.05, 4.69) is 41.4 Å². The molecule has 1 fully saturated rings. The summed E-state index contributed by atoms with van der Waals surface area (Å²) in [6, 6.07) is 8.86. The highest BCUT2D eigenvalue weighted by atomic mass is 16.1. The zero-order valence-corrected chi connectivity index (χ0v) is 17.7. The molecule has 0 saturated carbocycles. The highest BCUT2D eigenvalue weighted by Gasteiger charge is 2.27. The Balaban J connectivity index is 1.66. The minimum Gasteiger partial charge on any atom is -0.354 e. The molecule has 2 heterocycles. The number of hydrogen-bond donors (Lipinski definition) is 1. The van der Waals surface area contributed by atoms with Gasteiger partial charge in [0, 0.05) is 42.0 Å². The van der Waals surface area contributed by atoms with E-state index < -0.39 is 0 Å². The maximum absolute atomic E-state index is 12.1. The monoisotopic (exact) mass is 380 g/mol. The molecule has 1 aromatic carbocycles. The predicted octanol–water partition coefficient (Wildman–Crippen LogP) is 3.46. The molecular formula is C23H32N4O. The predicted molar refractivity (Wildman–Crippen MR) is 112 cm³/mol. The lowest BCUT2D eigenvalue weighted by atomic mass is 10.0. The molecule has 1 amide bonds. The zero-order valence-electron chi connectivity index (χ0n) is 17.7. The van der Waals surface area contributed by atoms with Crippen LogP contribution in [0, 0.1) is 20.8 Å². The Morgan fingerprint density at radius 2 is 1.93 bits per heavy atom. The fraction of sp³-hybridized carbons (Fsp3) is 0.522. The Labute approximate surface area is 168 Å². The quantitative estimate of drug-likeness (QED) is 0.834. The van der Waals surface area contributed by atoms with E-state index >= 15 is 0 Å². The SMILES string of the molecule is Cc1cccc(CN2CC[C@@H](c3nc(C)c(CC(=O)NC(C)C)c(C)n3)C2)c1. The Kier molecular flexibility index (Phi) is 6.45. The van der Waals surface area contributed by atoms with Crippen LogP contribution in [0.2, 0.25) is 0 Å². The van der Waals surface area contributed by atoms with E-state index in [0.717, 1.165) is 48.8 Å². The largest absolute Gasteiger partial charge is 0.354 e. The van der Waals surface area contributed by atoms with Crippen molar-refractivity contribution in [2.75, 3.05) is 13.1 Å². The highest BCUT2D eigenvalue weighted by Crippen LogP contribution is 2.27. The van der Waals surface area contributed by atoms with Gasteiger partial charge in [-0.05, 0) is 53.1 Å². The third-order valence-electron chi connectivity index (χ3n) is 5.35. The smallest absolute Gasteiger partial charge is 0.224 e. The minimum absolute atomic E-state index is 0.0303. The molecule has 1 atom stereocenters. The van der Waals surface area contributed by atoms with Crippen LogP contribution in [0.25, 0.3) is 0 Å². The molecule has 2 aromatic rings. The third-order valence-corrected chi connectivity index (χ3v) is 5.35. The number of benzene rings is 1. The van der Waals surface area contributed by atoms with Crippen LogP contribution in [0.1, 0.15) is 60.1 Å². The van der Waals surface area contributed by atoms with Crippen molar-refractivity contribution in [2.24, 2.45) is 0 Å². The molecule has 1 N–H and O–H groups in total. The topological polar surface area (TPSA) is 58.1 Å². The highest BCUT2D eigenvalue weighted by molar-refractivity contribution is 5.79. The number of aromatic nitrogens is 2. The fourth-order valence-corrected chi connectivity index (χ4v) is 3.99. The lowest BCUT2D eigenvalue weighted by Crippen LogP contribution is -2.32. The van der Waals surface area contributed by atoms with Crippen LogP contribution in [0.3, 0.4) is 0 Å². The third kappa shape index (κ3) is 5.16. The Bertz CT molecular complexity index is 823. The maximum Gasteiger partial charge on any atom is 0.224 e. The Hall–Kier alpha value is -2.27. The molecular weight excluding hydrogens is 348 g/mol. The van der Waals surface area contributed by atoms with Crippen molar-refractivity contribution >= 4 is 5.91 Å². The average molecular weight is 381 g/mol. The average Bonchev–Trinajstić information content (AvgIpc) is 3.06. The second-order valence-electron chi connectivity index (χ2n) is 8.34. The summed E-state index contributed by atoms with van der Waals surface area (Å²) < 4.78 is 0. The first kappa shape index (κ1) is 20.5. The summed E-state index contributed by atoms with van der Waals surface area (Å²) in [6.45, 7) is 13.1. The summed E-state index contributed by atoms with van der Waals surface area (Å²) in [5.41, 5.74) is 5.48. The Morgan fingerprint density at radius 1 is 1.21 bits per heavy atom. The van der Waals surface area contributed by atoms with Gasteiger partial charge in [-0.25, -0.2) is 9.97 Å². The van der Waals surface area contributed by atoms with Gasteiger partial charge in [0.25, 0.3) is 0 Å². The van der Waals surface area contributed by atoms with E-state index in [0.29, 0.717) is 12.3 Å². The maximum atomic E-state index is 12.1. The number of nitrogens with zero attached hydrogens (tertiary/aromatic N) is 3. The van der Waals surface area contributed by atoms with E-state index in [1.54, 1.807) is 0 Å². The summed E-state index contributed by atoms with van der Waals surface area (Å²) in [6.07, 6.45) is 1.43. The van der Waals surface area contributed by atoms with Crippen LogP contribution >= 0.6 is 0 Å². The van der Waals surface area contributed by atoms with Crippen molar-refractivity contribution in [1.82, 2.24) is 20.2 Å². The number of aryl methyl sites for hydroxylation is 3. The van der Waals surface area contributed by atoms with Crippen LogP contribution < -0.4 is 5.32 Å². The van der Waals surface area contributed by atoms with Crippen molar-refractivity contribution in [3.63, 3.8) is 0 Å². The molecule has 0 aliphatic carbocycles. The number of carbonyl (C=O) groups is 1. The van der Waals surface area contributed by atoms with Gasteiger partial charge in [0.15, 0.2) is 0 Å². The molecule has 0 unspecified atom stereocenters. The van der Waals surface area contributed by atoms with Gasteiger partial charge < -0.3 is 5.32 Å². The normalized spacial score (nSPS) is 17.3. The molecule has 5 heteroatoms. The second-order valence-corrected chi connectivity index (χ2v) is 8.34. The molecule has 0 radical (unpaired) electrons. The van der Waals surface area contributed by atoms with Gasteiger partial charge in [0.2, 0.25) is 5.91 Å². The van der Waals surface area contributed by atoms with E-state index in [-0.39, 0.29) is 11.9 Å². The molecule has 150 valence electrons. The lowest BCUT2D eigenvalue weighted by Gasteiger charge is -2.17. The molecule has 1 aliphatic rings. The van der Waals surface area contributed by atoms with Gasteiger partial charge in [-0.2, -0.15) is 0 Å². The van der Waals surface area contributed by atoms with E-state index in [9.17, 15) is 4.79 Å². The zero-order chi connectivity index (χ0) is 20.3. The number of hydrogen-bond acceptors (Lipinski definition) is 4. The fourth-order valence-electron chi connectivity index (χ4n) is 3.99. The molecule has 0 spiro atoms.